The Morgan fingerprint density at radius 2 is 1.75 bits per heavy atom. The van der Waals surface area contributed by atoms with Crippen LogP contribution in [0, 0.1) is 0 Å². The number of aliphatic imine (C=N–C) groups is 1. The Morgan fingerprint density at radius 3 is 2.54 bits per heavy atom. The second-order valence-electron chi connectivity index (χ2n) is 6.46. The zero-order valence-electron chi connectivity index (χ0n) is 13.5. The summed E-state index contributed by atoms with van der Waals surface area (Å²) < 4.78 is 5.44. The number of amides is 1. The van der Waals surface area contributed by atoms with Gasteiger partial charge < -0.3 is 9.64 Å². The molecule has 4 heteroatoms. The van der Waals surface area contributed by atoms with E-state index in [0.29, 0.717) is 19.7 Å². The number of para-hydroxylation sites is 1. The smallest absolute Gasteiger partial charge is 0.410 e. The molecule has 2 aliphatic rings. The Balaban J connectivity index is 1.37. The molecule has 24 heavy (non-hydrogen) atoms. The Labute approximate surface area is 141 Å². The van der Waals surface area contributed by atoms with Crippen molar-refractivity contribution in [2.45, 2.75) is 24.9 Å². The summed E-state index contributed by atoms with van der Waals surface area (Å²) >= 11 is 0. The van der Waals surface area contributed by atoms with E-state index in [1.54, 1.807) is 0 Å². The number of hydrogen-bond donors (Lipinski definition) is 0. The van der Waals surface area contributed by atoms with E-state index >= 15 is 0 Å². The molecule has 0 saturated carbocycles. The van der Waals surface area contributed by atoms with Gasteiger partial charge in [-0.3, -0.25) is 4.99 Å². The molecule has 1 fully saturated rings. The number of benzene rings is 2. The number of rotatable bonds is 2. The van der Waals surface area contributed by atoms with Gasteiger partial charge in [-0.1, -0.05) is 48.5 Å². The topological polar surface area (TPSA) is 41.9 Å². The number of fused-ring (bicyclic) bond motifs is 2. The van der Waals surface area contributed by atoms with Gasteiger partial charge in [0.1, 0.15) is 6.61 Å². The van der Waals surface area contributed by atoms with Crippen LogP contribution in [0.4, 0.5) is 10.5 Å². The third kappa shape index (κ3) is 2.68. The Morgan fingerprint density at radius 1 is 1.04 bits per heavy atom. The van der Waals surface area contributed by atoms with Crippen LogP contribution in [0.25, 0.3) is 0 Å². The van der Waals surface area contributed by atoms with E-state index < -0.39 is 0 Å². The molecular weight excluding hydrogens is 300 g/mol. The van der Waals surface area contributed by atoms with Crippen molar-refractivity contribution in [1.82, 2.24) is 4.90 Å². The molecule has 2 aliphatic heterocycles. The third-order valence-corrected chi connectivity index (χ3v) is 5.01. The van der Waals surface area contributed by atoms with Crippen LogP contribution in [0.1, 0.15) is 24.0 Å². The molecule has 2 heterocycles. The summed E-state index contributed by atoms with van der Waals surface area (Å²) in [5.41, 5.74) is 3.36. The van der Waals surface area contributed by atoms with Crippen molar-refractivity contribution in [2.75, 3.05) is 13.1 Å². The van der Waals surface area contributed by atoms with Gasteiger partial charge in [-0.2, -0.15) is 0 Å². The van der Waals surface area contributed by atoms with Gasteiger partial charge in [0.2, 0.25) is 0 Å². The standard InChI is InChI=1S/C20H20N2O2/c23-19(24-14-16-6-2-1-3-7-16)22-12-10-20(11-13-22)15-21-18-9-5-4-8-17(18)20/h1-9,15H,10-14H2. The first-order chi connectivity index (χ1) is 11.8. The summed E-state index contributed by atoms with van der Waals surface area (Å²) in [6.45, 7) is 1.73. The van der Waals surface area contributed by atoms with Crippen molar-refractivity contribution < 1.29 is 9.53 Å². The van der Waals surface area contributed by atoms with Crippen molar-refractivity contribution in [3.8, 4) is 0 Å². The minimum absolute atomic E-state index is 0.00714. The molecular formula is C20H20N2O2. The zero-order valence-corrected chi connectivity index (χ0v) is 13.5. The van der Waals surface area contributed by atoms with E-state index in [4.69, 9.17) is 4.74 Å². The molecule has 2 aromatic carbocycles. The van der Waals surface area contributed by atoms with Crippen molar-refractivity contribution in [1.29, 1.82) is 0 Å². The molecule has 0 N–H and O–H groups in total. The lowest BCUT2D eigenvalue weighted by atomic mass is 9.75. The minimum atomic E-state index is -0.225. The number of carbonyl (C=O) groups excluding carboxylic acids is 1. The second kappa shape index (κ2) is 6.11. The highest BCUT2D eigenvalue weighted by Gasteiger charge is 2.40. The summed E-state index contributed by atoms with van der Waals surface area (Å²) in [7, 11) is 0. The molecule has 1 spiro atoms. The summed E-state index contributed by atoms with van der Waals surface area (Å²) in [6, 6.07) is 18.1. The van der Waals surface area contributed by atoms with E-state index in [1.165, 1.54) is 5.56 Å². The van der Waals surface area contributed by atoms with Crippen LogP contribution in [-0.4, -0.2) is 30.3 Å². The number of nitrogens with zero attached hydrogens (tertiary/aromatic N) is 2. The van der Waals surface area contributed by atoms with E-state index in [9.17, 15) is 4.79 Å². The quantitative estimate of drug-likeness (QED) is 0.837. The van der Waals surface area contributed by atoms with Gasteiger partial charge in [-0.05, 0) is 30.0 Å². The SMILES string of the molecule is O=C(OCc1ccccc1)N1CCC2(C=Nc3ccccc32)CC1. The fraction of sp³-hybridized carbons (Fsp3) is 0.300. The molecule has 2 aromatic rings. The van der Waals surface area contributed by atoms with Crippen molar-refractivity contribution in [3.63, 3.8) is 0 Å². The molecule has 0 bridgehead atoms. The highest BCUT2D eigenvalue weighted by atomic mass is 16.6. The van der Waals surface area contributed by atoms with Gasteiger partial charge in [0.15, 0.2) is 0 Å². The molecule has 1 amide bonds. The monoisotopic (exact) mass is 320 g/mol. The summed E-state index contributed by atoms with van der Waals surface area (Å²) in [4.78, 5) is 18.7. The normalized spacial score (nSPS) is 17.8. The summed E-state index contributed by atoms with van der Waals surface area (Å²) in [5, 5.41) is 0. The molecule has 122 valence electrons. The Bertz CT molecular complexity index is 762. The third-order valence-electron chi connectivity index (χ3n) is 5.01. The van der Waals surface area contributed by atoms with E-state index in [0.717, 1.165) is 24.1 Å². The fourth-order valence-electron chi connectivity index (χ4n) is 3.57. The molecule has 0 unspecified atom stereocenters. The average Bonchev–Trinajstić information content (AvgIpc) is 3.00. The van der Waals surface area contributed by atoms with Gasteiger partial charge in [0.25, 0.3) is 0 Å². The lowest BCUT2D eigenvalue weighted by Crippen LogP contribution is -2.45. The largest absolute Gasteiger partial charge is 0.445 e. The van der Waals surface area contributed by atoms with Gasteiger partial charge in [-0.25, -0.2) is 4.79 Å². The first-order valence-corrected chi connectivity index (χ1v) is 8.37. The average molecular weight is 320 g/mol. The van der Waals surface area contributed by atoms with Crippen LogP contribution in [0.3, 0.4) is 0 Å². The highest BCUT2D eigenvalue weighted by molar-refractivity contribution is 5.85. The molecule has 4 rings (SSSR count). The van der Waals surface area contributed by atoms with Crippen molar-refractivity contribution in [2.24, 2.45) is 4.99 Å². The van der Waals surface area contributed by atoms with Crippen molar-refractivity contribution in [3.05, 3.63) is 65.7 Å². The van der Waals surface area contributed by atoms with Crippen LogP contribution in [0.2, 0.25) is 0 Å². The highest BCUT2D eigenvalue weighted by Crippen LogP contribution is 2.43. The second-order valence-corrected chi connectivity index (χ2v) is 6.46. The molecule has 0 aromatic heterocycles. The predicted molar refractivity (Wildman–Crippen MR) is 93.7 cm³/mol. The number of piperidine rings is 1. The first-order valence-electron chi connectivity index (χ1n) is 8.37. The molecule has 0 atom stereocenters. The Hall–Kier alpha value is -2.62. The maximum absolute atomic E-state index is 12.3. The van der Waals surface area contributed by atoms with Crippen LogP contribution in [-0.2, 0) is 16.8 Å². The van der Waals surface area contributed by atoms with Crippen molar-refractivity contribution >= 4 is 18.0 Å². The predicted octanol–water partition coefficient (Wildman–Crippen LogP) is 4.07. The van der Waals surface area contributed by atoms with Crippen LogP contribution < -0.4 is 0 Å². The number of hydrogen-bond acceptors (Lipinski definition) is 3. The van der Waals surface area contributed by atoms with Gasteiger partial charge in [0, 0.05) is 24.7 Å². The minimum Gasteiger partial charge on any atom is -0.445 e. The lowest BCUT2D eigenvalue weighted by Gasteiger charge is -2.37. The first kappa shape index (κ1) is 14.9. The molecule has 4 nitrogen and oxygen atoms in total. The zero-order chi connectivity index (χ0) is 16.4. The number of likely N-dealkylation sites (tertiary alicyclic amines) is 1. The molecule has 0 aliphatic carbocycles. The number of ether oxygens (including phenoxy) is 1. The van der Waals surface area contributed by atoms with Crippen LogP contribution >= 0.6 is 0 Å². The Kier molecular flexibility index (Phi) is 3.81. The van der Waals surface area contributed by atoms with Crippen LogP contribution in [0.5, 0.6) is 0 Å². The van der Waals surface area contributed by atoms with Gasteiger partial charge in [-0.15, -0.1) is 0 Å². The maximum atomic E-state index is 12.3. The van der Waals surface area contributed by atoms with E-state index in [1.807, 2.05) is 41.3 Å². The molecule has 1 saturated heterocycles. The van der Waals surface area contributed by atoms with Crippen LogP contribution in [0.15, 0.2) is 59.6 Å². The van der Waals surface area contributed by atoms with E-state index in [-0.39, 0.29) is 11.5 Å². The van der Waals surface area contributed by atoms with E-state index in [2.05, 4.69) is 29.4 Å². The fourth-order valence-corrected chi connectivity index (χ4v) is 3.57. The molecule has 0 radical (unpaired) electrons. The number of carbonyl (C=O) groups is 1. The van der Waals surface area contributed by atoms with Gasteiger partial charge in [0.05, 0.1) is 5.69 Å². The maximum Gasteiger partial charge on any atom is 0.410 e. The summed E-state index contributed by atoms with van der Waals surface area (Å²) in [6.07, 6.45) is 3.64. The lowest BCUT2D eigenvalue weighted by molar-refractivity contribution is 0.0841. The van der Waals surface area contributed by atoms with Gasteiger partial charge >= 0.3 is 6.09 Å². The summed E-state index contributed by atoms with van der Waals surface area (Å²) in [5.74, 6) is 0.